The molecule has 2 aliphatic heterocycles. The lowest BCUT2D eigenvalue weighted by molar-refractivity contribution is -0.133. The van der Waals surface area contributed by atoms with Gasteiger partial charge in [-0.3, -0.25) is 4.79 Å². The zero-order valence-corrected chi connectivity index (χ0v) is 16.4. The quantitative estimate of drug-likeness (QED) is 0.712. The van der Waals surface area contributed by atoms with E-state index < -0.39 is 16.0 Å². The lowest BCUT2D eigenvalue weighted by atomic mass is 10.0. The van der Waals surface area contributed by atoms with E-state index >= 15 is 0 Å². The van der Waals surface area contributed by atoms with E-state index in [1.807, 2.05) is 0 Å². The average Bonchev–Trinajstić information content (AvgIpc) is 3.21. The number of carbonyl (C=O) groups is 2. The third-order valence-electron chi connectivity index (χ3n) is 5.26. The highest BCUT2D eigenvalue weighted by molar-refractivity contribution is 7.89. The van der Waals surface area contributed by atoms with Crippen LogP contribution in [0, 0.1) is 5.92 Å². The van der Waals surface area contributed by atoms with Gasteiger partial charge >= 0.3 is 5.97 Å². The third-order valence-corrected chi connectivity index (χ3v) is 7.17. The maximum absolute atomic E-state index is 12.7. The molecule has 3 rings (SSSR count). The van der Waals surface area contributed by atoms with Crippen molar-refractivity contribution >= 4 is 21.9 Å². The second-order valence-electron chi connectivity index (χ2n) is 7.28. The number of amides is 1. The highest BCUT2D eigenvalue weighted by atomic mass is 32.2. The number of likely N-dealkylation sites (tertiary alicyclic amines) is 1. The van der Waals surface area contributed by atoms with Gasteiger partial charge < -0.3 is 9.64 Å². The van der Waals surface area contributed by atoms with Gasteiger partial charge in [-0.2, -0.15) is 4.31 Å². The van der Waals surface area contributed by atoms with E-state index in [1.165, 1.54) is 28.6 Å². The van der Waals surface area contributed by atoms with Gasteiger partial charge in [0.2, 0.25) is 10.0 Å². The minimum atomic E-state index is -3.54. The number of benzene rings is 1. The van der Waals surface area contributed by atoms with Crippen LogP contribution in [0.15, 0.2) is 29.2 Å². The zero-order valence-electron chi connectivity index (χ0n) is 15.6. The first-order valence-electron chi connectivity index (χ1n) is 9.43. The minimum Gasteiger partial charge on any atom is -0.452 e. The molecule has 0 saturated carbocycles. The maximum atomic E-state index is 12.7. The number of ether oxygens (including phenoxy) is 1. The number of rotatable bonds is 5. The molecule has 1 aromatic carbocycles. The second-order valence-corrected chi connectivity index (χ2v) is 9.21. The Morgan fingerprint density at radius 3 is 2.22 bits per heavy atom. The van der Waals surface area contributed by atoms with E-state index in [4.69, 9.17) is 4.74 Å². The van der Waals surface area contributed by atoms with Crippen molar-refractivity contribution in [3.8, 4) is 0 Å². The van der Waals surface area contributed by atoms with Gasteiger partial charge in [0.05, 0.1) is 10.5 Å². The van der Waals surface area contributed by atoms with Crippen LogP contribution < -0.4 is 0 Å². The van der Waals surface area contributed by atoms with E-state index in [2.05, 4.69) is 6.92 Å². The van der Waals surface area contributed by atoms with Gasteiger partial charge in [0.25, 0.3) is 5.91 Å². The molecule has 0 atom stereocenters. The predicted molar refractivity (Wildman–Crippen MR) is 99.7 cm³/mol. The van der Waals surface area contributed by atoms with E-state index in [9.17, 15) is 18.0 Å². The molecule has 7 nitrogen and oxygen atoms in total. The Bertz CT molecular complexity index is 777. The number of hydrogen-bond acceptors (Lipinski definition) is 5. The molecule has 2 saturated heterocycles. The molecule has 0 aromatic heterocycles. The molecule has 2 aliphatic rings. The summed E-state index contributed by atoms with van der Waals surface area (Å²) in [5, 5.41) is 0. The van der Waals surface area contributed by atoms with Crippen molar-refractivity contribution in [1.29, 1.82) is 0 Å². The lowest BCUT2D eigenvalue weighted by Crippen LogP contribution is -2.37. The minimum absolute atomic E-state index is 0.168. The van der Waals surface area contributed by atoms with Crippen molar-refractivity contribution in [2.75, 3.05) is 32.8 Å². The maximum Gasteiger partial charge on any atom is 0.338 e. The monoisotopic (exact) mass is 394 g/mol. The van der Waals surface area contributed by atoms with Gasteiger partial charge in [0.15, 0.2) is 6.61 Å². The van der Waals surface area contributed by atoms with E-state index in [0.717, 1.165) is 25.7 Å². The van der Waals surface area contributed by atoms with E-state index in [-0.39, 0.29) is 23.0 Å². The highest BCUT2D eigenvalue weighted by Crippen LogP contribution is 2.23. The van der Waals surface area contributed by atoms with Gasteiger partial charge in [0.1, 0.15) is 0 Å². The van der Waals surface area contributed by atoms with Crippen molar-refractivity contribution in [3.63, 3.8) is 0 Å². The summed E-state index contributed by atoms with van der Waals surface area (Å²) in [4.78, 5) is 25.9. The molecule has 27 heavy (non-hydrogen) atoms. The molecule has 0 N–H and O–H groups in total. The van der Waals surface area contributed by atoms with Crippen LogP contribution >= 0.6 is 0 Å². The fraction of sp³-hybridized carbons (Fsp3) is 0.579. The Labute approximate surface area is 160 Å². The van der Waals surface area contributed by atoms with Crippen LogP contribution in [0.2, 0.25) is 0 Å². The SMILES string of the molecule is CC1CCN(S(=O)(=O)c2ccc(C(=O)OCC(=O)N3CCCC3)cc2)CC1. The van der Waals surface area contributed by atoms with Crippen LogP contribution in [0.5, 0.6) is 0 Å². The average molecular weight is 394 g/mol. The summed E-state index contributed by atoms with van der Waals surface area (Å²) in [5.41, 5.74) is 0.232. The third kappa shape index (κ3) is 4.68. The zero-order chi connectivity index (χ0) is 19.4. The van der Waals surface area contributed by atoms with Gasteiger partial charge in [-0.05, 0) is 55.9 Å². The molecular weight excluding hydrogens is 368 g/mol. The van der Waals surface area contributed by atoms with Crippen molar-refractivity contribution in [3.05, 3.63) is 29.8 Å². The Balaban J connectivity index is 1.59. The van der Waals surface area contributed by atoms with Crippen molar-refractivity contribution in [1.82, 2.24) is 9.21 Å². The van der Waals surface area contributed by atoms with Crippen LogP contribution in [0.3, 0.4) is 0 Å². The van der Waals surface area contributed by atoms with Crippen LogP contribution in [0.1, 0.15) is 43.0 Å². The largest absolute Gasteiger partial charge is 0.452 e. The molecule has 0 spiro atoms. The van der Waals surface area contributed by atoms with Crippen molar-refractivity contribution < 1.29 is 22.7 Å². The van der Waals surface area contributed by atoms with Crippen LogP contribution in [0.4, 0.5) is 0 Å². The summed E-state index contributed by atoms with van der Waals surface area (Å²) in [7, 11) is -3.54. The summed E-state index contributed by atoms with van der Waals surface area (Å²) in [6.45, 7) is 4.29. The molecule has 2 heterocycles. The number of nitrogens with zero attached hydrogens (tertiary/aromatic N) is 2. The smallest absolute Gasteiger partial charge is 0.338 e. The van der Waals surface area contributed by atoms with Gasteiger partial charge in [0, 0.05) is 26.2 Å². The normalized spacial score (nSPS) is 19.2. The molecule has 0 unspecified atom stereocenters. The molecule has 148 valence electrons. The number of hydrogen-bond donors (Lipinski definition) is 0. The molecule has 8 heteroatoms. The lowest BCUT2D eigenvalue weighted by Gasteiger charge is -2.29. The number of piperidine rings is 1. The first-order chi connectivity index (χ1) is 12.9. The summed E-state index contributed by atoms with van der Waals surface area (Å²) in [5.74, 6) is -0.283. The number of carbonyl (C=O) groups excluding carboxylic acids is 2. The molecular formula is C19H26N2O5S. The fourth-order valence-corrected chi connectivity index (χ4v) is 4.88. The first-order valence-corrected chi connectivity index (χ1v) is 10.9. The fourth-order valence-electron chi connectivity index (χ4n) is 3.41. The molecule has 2 fully saturated rings. The van der Waals surface area contributed by atoms with E-state index in [1.54, 1.807) is 4.90 Å². The standard InChI is InChI=1S/C19H26N2O5S/c1-15-8-12-21(13-9-15)27(24,25)17-6-4-16(5-7-17)19(23)26-14-18(22)20-10-2-3-11-20/h4-7,15H,2-3,8-14H2,1H3. The Kier molecular flexibility index (Phi) is 6.16. The highest BCUT2D eigenvalue weighted by Gasteiger charge is 2.28. The van der Waals surface area contributed by atoms with E-state index in [0.29, 0.717) is 32.1 Å². The van der Waals surface area contributed by atoms with Crippen LogP contribution in [0.25, 0.3) is 0 Å². The first kappa shape index (κ1) is 19.8. The van der Waals surface area contributed by atoms with Gasteiger partial charge in [-0.25, -0.2) is 13.2 Å². The second kappa shape index (κ2) is 8.39. The topological polar surface area (TPSA) is 84.0 Å². The van der Waals surface area contributed by atoms with Crippen molar-refractivity contribution in [2.45, 2.75) is 37.5 Å². The van der Waals surface area contributed by atoms with Gasteiger partial charge in [-0.15, -0.1) is 0 Å². The van der Waals surface area contributed by atoms with Crippen LogP contribution in [-0.2, 0) is 19.6 Å². The van der Waals surface area contributed by atoms with Gasteiger partial charge in [-0.1, -0.05) is 6.92 Å². The molecule has 0 bridgehead atoms. The van der Waals surface area contributed by atoms with Crippen molar-refractivity contribution in [2.24, 2.45) is 5.92 Å². The Hall–Kier alpha value is -1.93. The Morgan fingerprint density at radius 2 is 1.63 bits per heavy atom. The summed E-state index contributed by atoms with van der Waals surface area (Å²) < 4.78 is 32.0. The summed E-state index contributed by atoms with van der Waals surface area (Å²) >= 11 is 0. The molecule has 1 amide bonds. The summed E-state index contributed by atoms with van der Waals surface area (Å²) in [6, 6.07) is 5.71. The predicted octanol–water partition coefficient (Wildman–Crippen LogP) is 1.89. The molecule has 0 radical (unpaired) electrons. The molecule has 0 aliphatic carbocycles. The number of sulfonamides is 1. The Morgan fingerprint density at radius 1 is 1.04 bits per heavy atom. The number of esters is 1. The van der Waals surface area contributed by atoms with Crippen LogP contribution in [-0.4, -0.2) is 62.3 Å². The summed E-state index contributed by atoms with van der Waals surface area (Å²) in [6.07, 6.45) is 3.67. The molecule has 1 aromatic rings.